The third-order valence-corrected chi connectivity index (χ3v) is 4.44. The van der Waals surface area contributed by atoms with Crippen LogP contribution in [0.2, 0.25) is 0 Å². The highest BCUT2D eigenvalue weighted by Crippen LogP contribution is 2.27. The molecule has 1 aromatic heterocycles. The van der Waals surface area contributed by atoms with Gasteiger partial charge in [0, 0.05) is 24.3 Å². The Kier molecular flexibility index (Phi) is 5.18. The van der Waals surface area contributed by atoms with Crippen LogP contribution in [0.3, 0.4) is 0 Å². The highest BCUT2D eigenvalue weighted by atomic mass is 15.3. The smallest absolute Gasteiger partial charge is 0.191 e. The Balaban J connectivity index is 1.75. The summed E-state index contributed by atoms with van der Waals surface area (Å²) in [7, 11) is 0. The van der Waals surface area contributed by atoms with Crippen LogP contribution in [0.4, 0.5) is 0 Å². The molecule has 0 bridgehead atoms. The first-order valence-electron chi connectivity index (χ1n) is 8.81. The summed E-state index contributed by atoms with van der Waals surface area (Å²) in [5, 5.41) is 11.5. The van der Waals surface area contributed by atoms with Crippen LogP contribution in [-0.4, -0.2) is 28.8 Å². The van der Waals surface area contributed by atoms with Gasteiger partial charge < -0.3 is 10.6 Å². The molecule has 0 unspecified atom stereocenters. The molecule has 1 aromatic carbocycles. The minimum absolute atomic E-state index is 0.643. The summed E-state index contributed by atoms with van der Waals surface area (Å²) in [6, 6.07) is 10.2. The van der Waals surface area contributed by atoms with Gasteiger partial charge in [0.05, 0.1) is 17.9 Å². The number of hydrogen-bond donors (Lipinski definition) is 2. The molecule has 1 aliphatic carbocycles. The van der Waals surface area contributed by atoms with E-state index in [0.29, 0.717) is 6.54 Å². The molecule has 0 saturated heterocycles. The van der Waals surface area contributed by atoms with Crippen LogP contribution in [0.1, 0.15) is 36.7 Å². The fraction of sp³-hybridized carbons (Fsp3) is 0.474. The first-order chi connectivity index (χ1) is 11.7. The van der Waals surface area contributed by atoms with Crippen LogP contribution in [0.25, 0.3) is 5.69 Å². The number of aryl methyl sites for hydroxylation is 1. The molecule has 2 N–H and O–H groups in total. The Morgan fingerprint density at radius 3 is 2.62 bits per heavy atom. The molecule has 5 heteroatoms. The van der Waals surface area contributed by atoms with Crippen LogP contribution < -0.4 is 10.6 Å². The van der Waals surface area contributed by atoms with Gasteiger partial charge in [-0.3, -0.25) is 0 Å². The molecule has 0 radical (unpaired) electrons. The van der Waals surface area contributed by atoms with Crippen molar-refractivity contribution in [2.24, 2.45) is 10.9 Å². The van der Waals surface area contributed by atoms with Gasteiger partial charge in [0.1, 0.15) is 0 Å². The SMILES string of the molecule is CCNC(=NCc1c(C)nn(-c2ccccc2)c1C)NCC1CC1. The Morgan fingerprint density at radius 2 is 1.96 bits per heavy atom. The second-order valence-electron chi connectivity index (χ2n) is 6.42. The Labute approximate surface area is 144 Å². The molecule has 0 aliphatic heterocycles. The van der Waals surface area contributed by atoms with E-state index in [-0.39, 0.29) is 0 Å². The normalized spacial score (nSPS) is 14.7. The van der Waals surface area contributed by atoms with E-state index in [1.54, 1.807) is 0 Å². The zero-order chi connectivity index (χ0) is 16.9. The lowest BCUT2D eigenvalue weighted by Crippen LogP contribution is -2.38. The molecule has 0 atom stereocenters. The van der Waals surface area contributed by atoms with Gasteiger partial charge in [-0.25, -0.2) is 9.67 Å². The molecule has 1 fully saturated rings. The van der Waals surface area contributed by atoms with E-state index in [1.165, 1.54) is 18.4 Å². The predicted molar refractivity (Wildman–Crippen MR) is 98.6 cm³/mol. The maximum absolute atomic E-state index is 4.75. The largest absolute Gasteiger partial charge is 0.357 e. The highest BCUT2D eigenvalue weighted by Gasteiger charge is 2.21. The Hall–Kier alpha value is -2.30. The lowest BCUT2D eigenvalue weighted by Gasteiger charge is -2.11. The first-order valence-corrected chi connectivity index (χ1v) is 8.81. The number of benzene rings is 1. The molecule has 0 amide bonds. The summed E-state index contributed by atoms with van der Waals surface area (Å²) in [4.78, 5) is 4.75. The lowest BCUT2D eigenvalue weighted by atomic mass is 10.2. The molecule has 128 valence electrons. The van der Waals surface area contributed by atoms with Crippen molar-refractivity contribution in [1.82, 2.24) is 20.4 Å². The maximum Gasteiger partial charge on any atom is 0.191 e. The number of aliphatic imine (C=N–C) groups is 1. The van der Waals surface area contributed by atoms with Gasteiger partial charge in [0.25, 0.3) is 0 Å². The zero-order valence-electron chi connectivity index (χ0n) is 14.8. The monoisotopic (exact) mass is 325 g/mol. The van der Waals surface area contributed by atoms with Crippen molar-refractivity contribution in [3.8, 4) is 5.69 Å². The zero-order valence-corrected chi connectivity index (χ0v) is 14.8. The molecule has 1 heterocycles. The van der Waals surface area contributed by atoms with Gasteiger partial charge >= 0.3 is 0 Å². The number of nitrogens with zero attached hydrogens (tertiary/aromatic N) is 3. The van der Waals surface area contributed by atoms with Gasteiger partial charge in [-0.15, -0.1) is 0 Å². The van der Waals surface area contributed by atoms with Crippen molar-refractivity contribution >= 4 is 5.96 Å². The molecule has 3 rings (SSSR count). The quantitative estimate of drug-likeness (QED) is 0.634. The van der Waals surface area contributed by atoms with Crippen LogP contribution in [0, 0.1) is 19.8 Å². The molecule has 24 heavy (non-hydrogen) atoms. The van der Waals surface area contributed by atoms with E-state index >= 15 is 0 Å². The number of guanidine groups is 1. The average Bonchev–Trinajstić information content (AvgIpc) is 3.38. The topological polar surface area (TPSA) is 54.2 Å². The molecule has 5 nitrogen and oxygen atoms in total. The van der Waals surface area contributed by atoms with Gasteiger partial charge in [-0.2, -0.15) is 5.10 Å². The summed E-state index contributed by atoms with van der Waals surface area (Å²) < 4.78 is 2.00. The molecule has 1 aliphatic rings. The first kappa shape index (κ1) is 16.6. The van der Waals surface area contributed by atoms with Crippen molar-refractivity contribution in [2.45, 2.75) is 40.2 Å². The lowest BCUT2D eigenvalue weighted by molar-refractivity contribution is 0.739. The number of nitrogens with one attached hydrogen (secondary N) is 2. The van der Waals surface area contributed by atoms with Crippen LogP contribution in [-0.2, 0) is 6.54 Å². The van der Waals surface area contributed by atoms with Gasteiger partial charge in [0.2, 0.25) is 0 Å². The van der Waals surface area contributed by atoms with E-state index in [1.807, 2.05) is 22.9 Å². The van der Waals surface area contributed by atoms with Crippen molar-refractivity contribution in [3.05, 3.63) is 47.3 Å². The fourth-order valence-corrected chi connectivity index (χ4v) is 2.79. The summed E-state index contributed by atoms with van der Waals surface area (Å²) in [5.41, 5.74) is 4.48. The molecule has 1 saturated carbocycles. The number of hydrogen-bond acceptors (Lipinski definition) is 2. The van der Waals surface area contributed by atoms with Crippen molar-refractivity contribution in [1.29, 1.82) is 0 Å². The minimum atomic E-state index is 0.643. The van der Waals surface area contributed by atoms with Gasteiger partial charge in [-0.05, 0) is 51.7 Å². The van der Waals surface area contributed by atoms with Crippen LogP contribution >= 0.6 is 0 Å². The molecular weight excluding hydrogens is 298 g/mol. The summed E-state index contributed by atoms with van der Waals surface area (Å²) in [5.74, 6) is 1.73. The molecule has 2 aromatic rings. The number of rotatable bonds is 6. The van der Waals surface area contributed by atoms with Crippen molar-refractivity contribution in [2.75, 3.05) is 13.1 Å². The number of para-hydroxylation sites is 1. The Bertz CT molecular complexity index is 698. The highest BCUT2D eigenvalue weighted by molar-refractivity contribution is 5.79. The van der Waals surface area contributed by atoms with Gasteiger partial charge in [0.15, 0.2) is 5.96 Å². The molecular formula is C19H27N5. The third-order valence-electron chi connectivity index (χ3n) is 4.44. The van der Waals surface area contributed by atoms with E-state index in [0.717, 1.165) is 42.0 Å². The predicted octanol–water partition coefficient (Wildman–Crippen LogP) is 2.95. The summed E-state index contributed by atoms with van der Waals surface area (Å²) in [6.45, 7) is 8.80. The van der Waals surface area contributed by atoms with Crippen molar-refractivity contribution in [3.63, 3.8) is 0 Å². The standard InChI is InChI=1S/C19H27N5/c1-4-20-19(21-12-16-10-11-16)22-13-18-14(2)23-24(15(18)3)17-8-6-5-7-9-17/h5-9,16H,4,10-13H2,1-3H3,(H2,20,21,22). The van der Waals surface area contributed by atoms with Crippen LogP contribution in [0.15, 0.2) is 35.3 Å². The molecule has 0 spiro atoms. The van der Waals surface area contributed by atoms with E-state index in [2.05, 4.69) is 43.5 Å². The fourth-order valence-electron chi connectivity index (χ4n) is 2.79. The van der Waals surface area contributed by atoms with Gasteiger partial charge in [-0.1, -0.05) is 18.2 Å². The Morgan fingerprint density at radius 1 is 1.21 bits per heavy atom. The van der Waals surface area contributed by atoms with Crippen molar-refractivity contribution < 1.29 is 0 Å². The maximum atomic E-state index is 4.75. The summed E-state index contributed by atoms with van der Waals surface area (Å²) in [6.07, 6.45) is 2.68. The minimum Gasteiger partial charge on any atom is -0.357 e. The average molecular weight is 325 g/mol. The summed E-state index contributed by atoms with van der Waals surface area (Å²) >= 11 is 0. The van der Waals surface area contributed by atoms with E-state index < -0.39 is 0 Å². The van der Waals surface area contributed by atoms with E-state index in [9.17, 15) is 0 Å². The van der Waals surface area contributed by atoms with Crippen LogP contribution in [0.5, 0.6) is 0 Å². The second kappa shape index (κ2) is 7.51. The second-order valence-corrected chi connectivity index (χ2v) is 6.42. The number of aromatic nitrogens is 2. The third kappa shape index (κ3) is 3.96. The van der Waals surface area contributed by atoms with E-state index in [4.69, 9.17) is 10.1 Å².